The number of aromatic nitrogens is 1. The molecule has 1 heterocycles. The number of nitrogens with one attached hydrogen (secondary N) is 1. The van der Waals surface area contributed by atoms with Gasteiger partial charge in [0.15, 0.2) is 5.58 Å². The number of hydrogen-bond donors (Lipinski definition) is 1. The molecule has 3 aromatic rings. The van der Waals surface area contributed by atoms with Crippen molar-refractivity contribution in [2.24, 2.45) is 0 Å². The van der Waals surface area contributed by atoms with E-state index in [1.165, 1.54) is 0 Å². The van der Waals surface area contributed by atoms with Gasteiger partial charge in [0, 0.05) is 11.9 Å². The van der Waals surface area contributed by atoms with E-state index in [-0.39, 0.29) is 12.3 Å². The van der Waals surface area contributed by atoms with Crippen molar-refractivity contribution in [1.29, 1.82) is 0 Å². The van der Waals surface area contributed by atoms with E-state index in [0.29, 0.717) is 17.8 Å². The van der Waals surface area contributed by atoms with Crippen LogP contribution in [0.3, 0.4) is 0 Å². The predicted octanol–water partition coefficient (Wildman–Crippen LogP) is 3.00. The molecular formula is C17H16N2O2. The van der Waals surface area contributed by atoms with Crippen molar-refractivity contribution in [3.8, 4) is 0 Å². The topological polar surface area (TPSA) is 55.1 Å². The molecule has 2 aromatic carbocycles. The number of amides is 1. The first kappa shape index (κ1) is 13.4. The number of aryl methyl sites for hydroxylation is 1. The van der Waals surface area contributed by atoms with Crippen molar-refractivity contribution in [3.05, 3.63) is 65.4 Å². The molecule has 106 valence electrons. The quantitative estimate of drug-likeness (QED) is 0.799. The third-order valence-electron chi connectivity index (χ3n) is 3.36. The van der Waals surface area contributed by atoms with Gasteiger partial charge in [-0.2, -0.15) is 0 Å². The number of fused-ring (bicyclic) bond motifs is 1. The first-order valence-electron chi connectivity index (χ1n) is 6.88. The van der Waals surface area contributed by atoms with Crippen molar-refractivity contribution in [3.63, 3.8) is 0 Å². The second-order valence-electron chi connectivity index (χ2n) is 5.07. The molecule has 0 spiro atoms. The first-order chi connectivity index (χ1) is 10.2. The van der Waals surface area contributed by atoms with E-state index in [1.807, 2.05) is 55.5 Å². The summed E-state index contributed by atoms with van der Waals surface area (Å²) in [5, 5.41) is 7.80. The van der Waals surface area contributed by atoms with Crippen LogP contribution in [-0.2, 0) is 17.8 Å². The summed E-state index contributed by atoms with van der Waals surface area (Å²) in [6.45, 7) is 2.53. The molecule has 0 fully saturated rings. The van der Waals surface area contributed by atoms with Crippen molar-refractivity contribution < 1.29 is 9.32 Å². The van der Waals surface area contributed by atoms with E-state index in [1.54, 1.807) is 0 Å². The second kappa shape index (κ2) is 5.79. The summed E-state index contributed by atoms with van der Waals surface area (Å²) in [5.74, 6) is -0.0597. The van der Waals surface area contributed by atoms with E-state index in [9.17, 15) is 4.79 Å². The van der Waals surface area contributed by atoms with Crippen LogP contribution >= 0.6 is 0 Å². The minimum absolute atomic E-state index is 0.0597. The molecule has 0 saturated heterocycles. The van der Waals surface area contributed by atoms with Gasteiger partial charge in [-0.3, -0.25) is 4.79 Å². The number of nitrogens with zero attached hydrogens (tertiary/aromatic N) is 1. The lowest BCUT2D eigenvalue weighted by Crippen LogP contribution is -2.24. The molecule has 0 aliphatic heterocycles. The summed E-state index contributed by atoms with van der Waals surface area (Å²) >= 11 is 0. The number of carbonyl (C=O) groups is 1. The van der Waals surface area contributed by atoms with Gasteiger partial charge >= 0.3 is 0 Å². The highest BCUT2D eigenvalue weighted by Crippen LogP contribution is 2.20. The van der Waals surface area contributed by atoms with Gasteiger partial charge in [0.1, 0.15) is 5.69 Å². The minimum atomic E-state index is -0.0597. The van der Waals surface area contributed by atoms with Crippen LogP contribution in [0.5, 0.6) is 0 Å². The number of hydrogen-bond acceptors (Lipinski definition) is 3. The third kappa shape index (κ3) is 3.11. The van der Waals surface area contributed by atoms with E-state index in [4.69, 9.17) is 4.52 Å². The molecule has 1 N–H and O–H groups in total. The largest absolute Gasteiger partial charge is 0.356 e. The SMILES string of the molecule is Cc1ccc2onc(CC(=O)NCc3ccccc3)c2c1. The van der Waals surface area contributed by atoms with Gasteiger partial charge in [-0.15, -0.1) is 0 Å². The summed E-state index contributed by atoms with van der Waals surface area (Å²) in [7, 11) is 0. The van der Waals surface area contributed by atoms with E-state index in [0.717, 1.165) is 16.5 Å². The second-order valence-corrected chi connectivity index (χ2v) is 5.07. The Morgan fingerprint density at radius 3 is 2.81 bits per heavy atom. The van der Waals surface area contributed by atoms with Crippen LogP contribution in [-0.4, -0.2) is 11.1 Å². The Labute approximate surface area is 122 Å². The first-order valence-corrected chi connectivity index (χ1v) is 6.88. The molecule has 0 bridgehead atoms. The highest BCUT2D eigenvalue weighted by Gasteiger charge is 2.12. The van der Waals surface area contributed by atoms with Crippen molar-refractivity contribution in [2.45, 2.75) is 19.9 Å². The third-order valence-corrected chi connectivity index (χ3v) is 3.36. The number of rotatable bonds is 4. The Hall–Kier alpha value is -2.62. The van der Waals surface area contributed by atoms with Crippen LogP contribution < -0.4 is 5.32 Å². The van der Waals surface area contributed by atoms with Gasteiger partial charge in [0.2, 0.25) is 5.91 Å². The summed E-state index contributed by atoms with van der Waals surface area (Å²) in [6.07, 6.45) is 0.225. The van der Waals surface area contributed by atoms with Gasteiger partial charge in [-0.05, 0) is 24.6 Å². The normalized spacial score (nSPS) is 10.7. The molecule has 0 saturated carbocycles. The Morgan fingerprint density at radius 1 is 1.19 bits per heavy atom. The summed E-state index contributed by atoms with van der Waals surface area (Å²) in [5.41, 5.74) is 3.59. The smallest absolute Gasteiger partial charge is 0.226 e. The number of carbonyl (C=O) groups excluding carboxylic acids is 1. The highest BCUT2D eigenvalue weighted by atomic mass is 16.5. The van der Waals surface area contributed by atoms with Crippen LogP contribution in [0.1, 0.15) is 16.8 Å². The molecular weight excluding hydrogens is 264 g/mol. The minimum Gasteiger partial charge on any atom is -0.356 e. The van der Waals surface area contributed by atoms with Crippen molar-refractivity contribution >= 4 is 16.9 Å². The van der Waals surface area contributed by atoms with Crippen LogP contribution in [0, 0.1) is 6.92 Å². The molecule has 4 heteroatoms. The fourth-order valence-electron chi connectivity index (χ4n) is 2.24. The molecule has 0 radical (unpaired) electrons. The molecule has 3 rings (SSSR count). The van der Waals surface area contributed by atoms with Crippen LogP contribution in [0.2, 0.25) is 0 Å². The molecule has 0 unspecified atom stereocenters. The lowest BCUT2D eigenvalue weighted by molar-refractivity contribution is -0.120. The zero-order valence-corrected chi connectivity index (χ0v) is 11.8. The average Bonchev–Trinajstić information content (AvgIpc) is 2.88. The summed E-state index contributed by atoms with van der Waals surface area (Å²) in [4.78, 5) is 12.0. The Morgan fingerprint density at radius 2 is 2.00 bits per heavy atom. The molecule has 1 amide bonds. The van der Waals surface area contributed by atoms with E-state index < -0.39 is 0 Å². The van der Waals surface area contributed by atoms with E-state index >= 15 is 0 Å². The molecule has 21 heavy (non-hydrogen) atoms. The van der Waals surface area contributed by atoms with Crippen molar-refractivity contribution in [1.82, 2.24) is 10.5 Å². The maximum atomic E-state index is 12.0. The standard InChI is InChI=1S/C17H16N2O2/c1-12-7-8-16-14(9-12)15(19-21-16)10-17(20)18-11-13-5-3-2-4-6-13/h2-9H,10-11H2,1H3,(H,18,20). The Balaban J connectivity index is 1.67. The molecule has 0 atom stereocenters. The zero-order chi connectivity index (χ0) is 14.7. The fourth-order valence-corrected chi connectivity index (χ4v) is 2.24. The van der Waals surface area contributed by atoms with Gasteiger partial charge in [0.25, 0.3) is 0 Å². The maximum absolute atomic E-state index is 12.0. The fraction of sp³-hybridized carbons (Fsp3) is 0.176. The maximum Gasteiger partial charge on any atom is 0.226 e. The van der Waals surface area contributed by atoms with Crippen LogP contribution in [0.25, 0.3) is 11.0 Å². The van der Waals surface area contributed by atoms with Crippen molar-refractivity contribution in [2.75, 3.05) is 0 Å². The van der Waals surface area contributed by atoms with Gasteiger partial charge in [0.05, 0.1) is 6.42 Å². The van der Waals surface area contributed by atoms with Gasteiger partial charge < -0.3 is 9.84 Å². The summed E-state index contributed by atoms with van der Waals surface area (Å²) in [6, 6.07) is 15.7. The predicted molar refractivity (Wildman–Crippen MR) is 80.7 cm³/mol. The molecule has 4 nitrogen and oxygen atoms in total. The lowest BCUT2D eigenvalue weighted by atomic mass is 10.1. The van der Waals surface area contributed by atoms with Crippen LogP contribution in [0.4, 0.5) is 0 Å². The summed E-state index contributed by atoms with van der Waals surface area (Å²) < 4.78 is 5.24. The molecule has 1 aromatic heterocycles. The zero-order valence-electron chi connectivity index (χ0n) is 11.8. The lowest BCUT2D eigenvalue weighted by Gasteiger charge is -2.04. The Kier molecular flexibility index (Phi) is 3.69. The highest BCUT2D eigenvalue weighted by molar-refractivity contribution is 5.86. The molecule has 0 aliphatic rings. The number of benzene rings is 2. The van der Waals surface area contributed by atoms with E-state index in [2.05, 4.69) is 10.5 Å². The van der Waals surface area contributed by atoms with Gasteiger partial charge in [-0.25, -0.2) is 0 Å². The Bertz CT molecular complexity index is 763. The van der Waals surface area contributed by atoms with Crippen LogP contribution in [0.15, 0.2) is 53.1 Å². The monoisotopic (exact) mass is 280 g/mol. The molecule has 0 aliphatic carbocycles. The van der Waals surface area contributed by atoms with Gasteiger partial charge in [-0.1, -0.05) is 47.1 Å². The average molecular weight is 280 g/mol.